The van der Waals surface area contributed by atoms with Crippen LogP contribution in [-0.4, -0.2) is 51.9 Å². The summed E-state index contributed by atoms with van der Waals surface area (Å²) in [5, 5.41) is 17.0. The molecule has 6 nitrogen and oxygen atoms in total. The lowest BCUT2D eigenvalue weighted by Crippen LogP contribution is -2.40. The summed E-state index contributed by atoms with van der Waals surface area (Å²) in [5.41, 5.74) is -0.621. The minimum Gasteiger partial charge on any atom is -0.375 e. The molecule has 0 aliphatic heterocycles. The lowest BCUT2D eigenvalue weighted by Gasteiger charge is -2.26. The van der Waals surface area contributed by atoms with Crippen LogP contribution in [-0.2, 0) is 10.0 Å². The van der Waals surface area contributed by atoms with Crippen molar-refractivity contribution < 1.29 is 21.6 Å². The van der Waals surface area contributed by atoms with Gasteiger partial charge in [-0.05, 0) is 50.5 Å². The molecule has 2 aromatic carbocycles. The second kappa shape index (κ2) is 10.2. The minimum absolute atomic E-state index is 0.0282. The van der Waals surface area contributed by atoms with Crippen molar-refractivity contribution >= 4 is 27.5 Å². The summed E-state index contributed by atoms with van der Waals surface area (Å²) in [6.45, 7) is 0.0282. The molecule has 0 aliphatic carbocycles. The van der Waals surface area contributed by atoms with E-state index in [4.69, 9.17) is 5.14 Å². The van der Waals surface area contributed by atoms with E-state index in [0.29, 0.717) is 11.0 Å². The Bertz CT molecular complexity index is 1030. The maximum Gasteiger partial charge on any atom is 0.238 e. The molecule has 0 radical (unpaired) electrons. The van der Waals surface area contributed by atoms with Crippen molar-refractivity contribution in [3.63, 3.8) is 0 Å². The molecule has 0 saturated carbocycles. The van der Waals surface area contributed by atoms with Crippen LogP contribution in [0, 0.1) is 23.0 Å². The van der Waals surface area contributed by atoms with Crippen molar-refractivity contribution in [1.29, 1.82) is 5.26 Å². The average molecular weight is 459 g/mol. The van der Waals surface area contributed by atoms with Crippen LogP contribution < -0.4 is 10.5 Å². The van der Waals surface area contributed by atoms with Crippen molar-refractivity contribution in [3.05, 3.63) is 53.6 Å². The zero-order valence-electron chi connectivity index (χ0n) is 16.3. The van der Waals surface area contributed by atoms with Crippen LogP contribution in [0.25, 0.3) is 0 Å². The molecule has 0 aromatic heterocycles. The second-order valence-corrected chi connectivity index (χ2v) is 9.43. The van der Waals surface area contributed by atoms with Gasteiger partial charge in [0.2, 0.25) is 10.0 Å². The molecular weight excluding hydrogens is 437 g/mol. The van der Waals surface area contributed by atoms with Crippen LogP contribution in [0.15, 0.2) is 46.2 Å². The van der Waals surface area contributed by atoms with Gasteiger partial charge in [-0.15, -0.1) is 11.8 Å². The number of nitrogens with two attached hydrogens (primary N) is 1. The van der Waals surface area contributed by atoms with Crippen LogP contribution in [0.2, 0.25) is 0 Å². The monoisotopic (exact) mass is 458 g/mol. The fraction of sp³-hybridized carbons (Fsp3) is 0.316. The lowest BCUT2D eigenvalue weighted by molar-refractivity contribution is 0.230. The summed E-state index contributed by atoms with van der Waals surface area (Å²) in [6, 6.07) is 8.03. The van der Waals surface area contributed by atoms with E-state index in [1.54, 1.807) is 37.2 Å². The van der Waals surface area contributed by atoms with Gasteiger partial charge in [0.25, 0.3) is 0 Å². The van der Waals surface area contributed by atoms with E-state index in [1.165, 1.54) is 23.9 Å². The number of nitrogens with one attached hydrogen (secondary N) is 1. The van der Waals surface area contributed by atoms with E-state index in [9.17, 15) is 26.9 Å². The molecule has 162 valence electrons. The van der Waals surface area contributed by atoms with Gasteiger partial charge >= 0.3 is 0 Å². The molecule has 0 fully saturated rings. The molecule has 2 aromatic rings. The summed E-state index contributed by atoms with van der Waals surface area (Å²) in [6.07, 6.45) is -1.45. The molecule has 0 unspecified atom stereocenters. The highest BCUT2D eigenvalue weighted by molar-refractivity contribution is 7.99. The smallest absolute Gasteiger partial charge is 0.238 e. The molecule has 2 atom stereocenters. The number of halogens is 3. The molecule has 11 heteroatoms. The van der Waals surface area contributed by atoms with Crippen LogP contribution >= 0.6 is 11.8 Å². The van der Waals surface area contributed by atoms with E-state index in [1.807, 2.05) is 0 Å². The summed E-state index contributed by atoms with van der Waals surface area (Å²) in [7, 11) is -0.861. The molecule has 0 amide bonds. The normalized spacial score (nSPS) is 13.7. The average Bonchev–Trinajstić information content (AvgIpc) is 2.65. The van der Waals surface area contributed by atoms with Crippen LogP contribution in [0.1, 0.15) is 5.56 Å². The first kappa shape index (κ1) is 24.0. The quantitative estimate of drug-likeness (QED) is 0.561. The van der Waals surface area contributed by atoms with E-state index >= 15 is 0 Å². The van der Waals surface area contributed by atoms with E-state index in [-0.39, 0.29) is 23.5 Å². The molecule has 0 saturated heterocycles. The van der Waals surface area contributed by atoms with Crippen molar-refractivity contribution in [3.8, 4) is 6.07 Å². The number of nitrogens with zero attached hydrogens (tertiary/aromatic N) is 2. The third-order valence-electron chi connectivity index (χ3n) is 4.06. The van der Waals surface area contributed by atoms with Gasteiger partial charge in [-0.2, -0.15) is 5.26 Å². The van der Waals surface area contributed by atoms with Gasteiger partial charge in [-0.25, -0.2) is 26.7 Å². The van der Waals surface area contributed by atoms with Crippen LogP contribution in [0.4, 0.5) is 18.9 Å². The first-order valence-electron chi connectivity index (χ1n) is 8.71. The number of rotatable bonds is 9. The zero-order chi connectivity index (χ0) is 22.5. The number of nitriles is 1. The number of hydrogen-bond acceptors (Lipinski definition) is 6. The Morgan fingerprint density at radius 3 is 2.40 bits per heavy atom. The third kappa shape index (κ3) is 6.63. The predicted molar refractivity (Wildman–Crippen MR) is 110 cm³/mol. The number of hydrogen-bond donors (Lipinski definition) is 2. The fourth-order valence-electron chi connectivity index (χ4n) is 2.60. The van der Waals surface area contributed by atoms with Crippen LogP contribution in [0.3, 0.4) is 0 Å². The molecule has 0 bridgehead atoms. The standard InChI is InChI=1S/C19H21F3N4O2S2/c1-26(2)10-17(22)18(11-29-14-5-3-13(20)4-6-14)25-19-12(9-23)7-15(8-16(19)21)30(24,27)28/h3-8,17-18,25H,10-11H2,1-2H3,(H2,24,27,28)/t17-,18-/m0/s1. The number of alkyl halides is 1. The second-order valence-electron chi connectivity index (χ2n) is 6.78. The summed E-state index contributed by atoms with van der Waals surface area (Å²) in [4.78, 5) is 1.75. The maximum atomic E-state index is 14.9. The Balaban J connectivity index is 2.32. The molecule has 30 heavy (non-hydrogen) atoms. The first-order chi connectivity index (χ1) is 14.0. The van der Waals surface area contributed by atoms with Crippen molar-refractivity contribution in [2.75, 3.05) is 31.7 Å². The Morgan fingerprint density at radius 1 is 1.23 bits per heavy atom. The Kier molecular flexibility index (Phi) is 8.14. The number of sulfonamides is 1. The van der Waals surface area contributed by atoms with Crippen molar-refractivity contribution in [2.24, 2.45) is 5.14 Å². The van der Waals surface area contributed by atoms with Gasteiger partial charge in [-0.3, -0.25) is 0 Å². The Labute approximate surface area is 177 Å². The summed E-state index contributed by atoms with van der Waals surface area (Å²) >= 11 is 1.23. The number of primary sulfonamides is 1. The van der Waals surface area contributed by atoms with Gasteiger partial charge in [0.05, 0.1) is 22.2 Å². The molecule has 3 N–H and O–H groups in total. The largest absolute Gasteiger partial charge is 0.375 e. The van der Waals surface area contributed by atoms with E-state index < -0.39 is 38.8 Å². The Hall–Kier alpha value is -2.26. The number of benzene rings is 2. The van der Waals surface area contributed by atoms with Crippen molar-refractivity contribution in [1.82, 2.24) is 4.90 Å². The minimum atomic E-state index is -4.22. The lowest BCUT2D eigenvalue weighted by atomic mass is 10.1. The SMILES string of the molecule is CN(C)C[C@H](F)[C@H](CSc1ccc(F)cc1)Nc1c(F)cc(S(N)(=O)=O)cc1C#N. The van der Waals surface area contributed by atoms with E-state index in [2.05, 4.69) is 5.32 Å². The van der Waals surface area contributed by atoms with Gasteiger partial charge in [0, 0.05) is 17.2 Å². The zero-order valence-corrected chi connectivity index (χ0v) is 17.9. The molecular formula is C19H21F3N4O2S2. The van der Waals surface area contributed by atoms with Gasteiger partial charge in [0.1, 0.15) is 23.9 Å². The predicted octanol–water partition coefficient (Wildman–Crippen LogP) is 2.96. The summed E-state index contributed by atoms with van der Waals surface area (Å²) in [5.74, 6) is -1.30. The maximum absolute atomic E-state index is 14.9. The van der Waals surface area contributed by atoms with Gasteiger partial charge in [-0.1, -0.05) is 0 Å². The van der Waals surface area contributed by atoms with Crippen LogP contribution in [0.5, 0.6) is 0 Å². The molecule has 2 rings (SSSR count). The highest BCUT2D eigenvalue weighted by Crippen LogP contribution is 2.28. The first-order valence-corrected chi connectivity index (χ1v) is 11.2. The van der Waals surface area contributed by atoms with Gasteiger partial charge in [0.15, 0.2) is 0 Å². The number of thioether (sulfide) groups is 1. The highest BCUT2D eigenvalue weighted by atomic mass is 32.2. The highest BCUT2D eigenvalue weighted by Gasteiger charge is 2.25. The topological polar surface area (TPSA) is 99.2 Å². The van der Waals surface area contributed by atoms with Crippen molar-refractivity contribution in [2.45, 2.75) is 22.0 Å². The summed E-state index contributed by atoms with van der Waals surface area (Å²) < 4.78 is 65.6. The molecule has 0 spiro atoms. The fourth-order valence-corrected chi connectivity index (χ4v) is 4.14. The number of anilines is 1. The van der Waals surface area contributed by atoms with E-state index in [0.717, 1.165) is 6.07 Å². The molecule has 0 heterocycles. The molecule has 0 aliphatic rings. The third-order valence-corrected chi connectivity index (χ3v) is 6.09. The Morgan fingerprint density at radius 2 is 1.87 bits per heavy atom. The van der Waals surface area contributed by atoms with Gasteiger partial charge < -0.3 is 10.2 Å².